The number of hydrogen-bond acceptors (Lipinski definition) is 8. The molecule has 0 aliphatic heterocycles. The van der Waals surface area contributed by atoms with Gasteiger partial charge in [-0.05, 0) is 35.7 Å². The van der Waals surface area contributed by atoms with E-state index in [0.717, 1.165) is 7.11 Å². The van der Waals surface area contributed by atoms with E-state index in [2.05, 4.69) is 15.0 Å². The number of hydrogen-bond donors (Lipinski definition) is 0. The first-order chi connectivity index (χ1) is 16.0. The fraction of sp³-hybridized carbons (Fsp3) is 0.273. The second-order valence-corrected chi connectivity index (χ2v) is 8.14. The molecule has 0 unspecified atom stereocenters. The minimum absolute atomic E-state index is 0.0162. The van der Waals surface area contributed by atoms with Gasteiger partial charge in [0, 0.05) is 5.56 Å². The first-order valence-electron chi connectivity index (χ1n) is 9.63. The summed E-state index contributed by atoms with van der Waals surface area (Å²) in [6.07, 6.45) is 0.824. The number of methoxy groups -OCH3 is 2. The minimum atomic E-state index is -6.00. The fourth-order valence-corrected chi connectivity index (χ4v) is 3.12. The topological polar surface area (TPSA) is 112 Å². The van der Waals surface area contributed by atoms with Crippen LogP contribution in [0.2, 0.25) is 0 Å². The van der Waals surface area contributed by atoms with Crippen LogP contribution in [0.4, 0.5) is 13.2 Å². The number of carbonyl (C=O) groups is 1. The molecule has 2 aromatic carbocycles. The van der Waals surface area contributed by atoms with Gasteiger partial charge < -0.3 is 18.4 Å². The zero-order valence-corrected chi connectivity index (χ0v) is 19.1. The number of alkyl halides is 3. The Morgan fingerprint density at radius 3 is 2.44 bits per heavy atom. The molecule has 34 heavy (non-hydrogen) atoms. The predicted octanol–water partition coefficient (Wildman–Crippen LogP) is 4.40. The van der Waals surface area contributed by atoms with Crippen molar-refractivity contribution in [3.63, 3.8) is 0 Å². The van der Waals surface area contributed by atoms with Crippen molar-refractivity contribution in [2.75, 3.05) is 20.8 Å². The van der Waals surface area contributed by atoms with E-state index in [1.54, 1.807) is 18.2 Å². The van der Waals surface area contributed by atoms with E-state index >= 15 is 0 Å². The molecular formula is C22H20F3NO7S. The predicted molar refractivity (Wildman–Crippen MR) is 115 cm³/mol. The maximum atomic E-state index is 12.6. The largest absolute Gasteiger partial charge is 0.534 e. The van der Waals surface area contributed by atoms with E-state index < -0.39 is 27.2 Å². The lowest BCUT2D eigenvalue weighted by Crippen LogP contribution is -2.24. The maximum Gasteiger partial charge on any atom is 0.534 e. The van der Waals surface area contributed by atoms with Gasteiger partial charge in [0.15, 0.2) is 11.5 Å². The lowest BCUT2D eigenvalue weighted by molar-refractivity contribution is -0.133. The zero-order valence-electron chi connectivity index (χ0n) is 18.3. The monoisotopic (exact) mass is 499 g/mol. The molecule has 2 aromatic rings. The number of ether oxygens (including phenoxy) is 3. The minimum Gasteiger partial charge on any atom is -0.493 e. The van der Waals surface area contributed by atoms with Gasteiger partial charge in [0.25, 0.3) is 0 Å². The molecule has 0 saturated carbocycles. The van der Waals surface area contributed by atoms with E-state index in [9.17, 15) is 31.6 Å². The lowest BCUT2D eigenvalue weighted by atomic mass is 9.95. The van der Waals surface area contributed by atoms with Crippen molar-refractivity contribution in [2.24, 2.45) is 0 Å². The average Bonchev–Trinajstić information content (AvgIpc) is 2.81. The van der Waals surface area contributed by atoms with Crippen LogP contribution in [0.3, 0.4) is 0 Å². The lowest BCUT2D eigenvalue weighted by Gasteiger charge is -2.15. The Morgan fingerprint density at radius 1 is 1.18 bits per heavy atom. The zero-order chi connectivity index (χ0) is 25.5. The van der Waals surface area contributed by atoms with Crippen LogP contribution in [-0.4, -0.2) is 40.7 Å². The van der Waals surface area contributed by atoms with Gasteiger partial charge in [0.1, 0.15) is 23.5 Å². The third kappa shape index (κ3) is 5.79. The maximum absolute atomic E-state index is 12.6. The van der Waals surface area contributed by atoms with Crippen molar-refractivity contribution in [1.29, 1.82) is 5.26 Å². The van der Waals surface area contributed by atoms with Gasteiger partial charge >= 0.3 is 21.6 Å². The molecule has 0 aromatic heterocycles. The normalized spacial score (nSPS) is 12.0. The summed E-state index contributed by atoms with van der Waals surface area (Å²) in [5.41, 5.74) is -5.41. The van der Waals surface area contributed by atoms with Crippen molar-refractivity contribution in [3.8, 4) is 28.7 Å². The van der Waals surface area contributed by atoms with E-state index in [1.807, 2.05) is 6.92 Å². The van der Waals surface area contributed by atoms with Crippen molar-refractivity contribution < 1.29 is 44.8 Å². The number of nitrogens with zero attached hydrogens (tertiary/aromatic N) is 1. The van der Waals surface area contributed by atoms with Crippen LogP contribution in [0.5, 0.6) is 11.5 Å². The fourth-order valence-electron chi connectivity index (χ4n) is 2.79. The molecule has 8 nitrogen and oxygen atoms in total. The molecule has 0 saturated heterocycles. The first-order valence-corrected chi connectivity index (χ1v) is 11.0. The molecule has 0 spiro atoms. The van der Waals surface area contributed by atoms with Gasteiger partial charge in [0.2, 0.25) is 0 Å². The van der Waals surface area contributed by atoms with E-state index in [0.29, 0.717) is 29.9 Å². The molecule has 0 heterocycles. The summed E-state index contributed by atoms with van der Waals surface area (Å²) in [4.78, 5) is 12.2. The van der Waals surface area contributed by atoms with E-state index in [1.165, 1.54) is 25.3 Å². The Balaban J connectivity index is 2.63. The molecule has 0 atom stereocenters. The van der Waals surface area contributed by atoms with Gasteiger partial charge in [0.05, 0.1) is 20.8 Å². The summed E-state index contributed by atoms with van der Waals surface area (Å²) in [5.74, 6) is -0.611. The molecule has 182 valence electrons. The van der Waals surface area contributed by atoms with Crippen molar-refractivity contribution in [2.45, 2.75) is 18.9 Å². The Bertz CT molecular complexity index is 1230. The Labute approximate surface area is 194 Å². The summed E-state index contributed by atoms with van der Waals surface area (Å²) < 4.78 is 79.7. The molecule has 0 fully saturated rings. The van der Waals surface area contributed by atoms with Gasteiger partial charge in [-0.2, -0.15) is 26.9 Å². The summed E-state index contributed by atoms with van der Waals surface area (Å²) in [5, 5.41) is 9.77. The molecule has 12 heteroatoms. The average molecular weight is 499 g/mol. The molecule has 0 aliphatic rings. The molecule has 0 aliphatic carbocycles. The van der Waals surface area contributed by atoms with E-state index in [4.69, 9.17) is 9.47 Å². The highest BCUT2D eigenvalue weighted by molar-refractivity contribution is 7.87. The number of rotatable bonds is 9. The summed E-state index contributed by atoms with van der Waals surface area (Å²) >= 11 is 0. The smallest absolute Gasteiger partial charge is 0.493 e. The third-order valence-electron chi connectivity index (χ3n) is 4.37. The first kappa shape index (κ1) is 26.5. The van der Waals surface area contributed by atoms with Gasteiger partial charge in [-0.1, -0.05) is 25.1 Å². The molecule has 0 amide bonds. The molecular weight excluding hydrogens is 479 g/mol. The second-order valence-electron chi connectivity index (χ2n) is 6.58. The highest BCUT2D eigenvalue weighted by Crippen LogP contribution is 2.38. The quantitative estimate of drug-likeness (QED) is 0.164. The highest BCUT2D eigenvalue weighted by Gasteiger charge is 2.48. The molecule has 2 rings (SSSR count). The van der Waals surface area contributed by atoms with Gasteiger partial charge in [-0.3, -0.25) is 0 Å². The summed E-state index contributed by atoms with van der Waals surface area (Å²) in [7, 11) is -3.62. The van der Waals surface area contributed by atoms with Crippen molar-refractivity contribution in [3.05, 3.63) is 53.8 Å². The standard InChI is InChI=1S/C22H20F3NO7S/c1-4-10-32-20-17(12-26)16(8-9-19(20)30-2)14-6-5-7-15(11-14)18(21(27)31-3)13-33-34(28,29)22(23,24)25/h5-9,11,13H,4,10H2,1-3H3. The van der Waals surface area contributed by atoms with Crippen LogP contribution in [0.1, 0.15) is 24.5 Å². The SMILES string of the molecule is CCCOc1c(OC)ccc(-c2cccc(C(=COS(=O)(=O)C(F)(F)F)C(=O)OC)c2)c1C#N. The third-order valence-corrected chi connectivity index (χ3v) is 5.29. The summed E-state index contributed by atoms with van der Waals surface area (Å²) in [6, 6.07) is 10.9. The number of nitriles is 1. The Kier molecular flexibility index (Phi) is 8.53. The van der Waals surface area contributed by atoms with Crippen LogP contribution in [0, 0.1) is 11.3 Å². The Hall–Kier alpha value is -3.72. The number of halogens is 3. The van der Waals surface area contributed by atoms with Crippen molar-refractivity contribution in [1.82, 2.24) is 0 Å². The number of benzene rings is 2. The van der Waals surface area contributed by atoms with Crippen LogP contribution < -0.4 is 9.47 Å². The van der Waals surface area contributed by atoms with Gasteiger partial charge in [-0.15, -0.1) is 0 Å². The van der Waals surface area contributed by atoms with Crippen LogP contribution >= 0.6 is 0 Å². The highest BCUT2D eigenvalue weighted by atomic mass is 32.2. The number of carbonyl (C=O) groups excluding carboxylic acids is 1. The Morgan fingerprint density at radius 2 is 1.88 bits per heavy atom. The van der Waals surface area contributed by atoms with Crippen LogP contribution in [0.15, 0.2) is 42.7 Å². The molecule has 0 N–H and O–H groups in total. The second kappa shape index (κ2) is 10.9. The summed E-state index contributed by atoms with van der Waals surface area (Å²) in [6.45, 7) is 2.20. The molecule has 0 bridgehead atoms. The van der Waals surface area contributed by atoms with Crippen LogP contribution in [0.25, 0.3) is 16.7 Å². The van der Waals surface area contributed by atoms with E-state index in [-0.39, 0.29) is 23.1 Å². The van der Waals surface area contributed by atoms with Crippen molar-refractivity contribution >= 4 is 21.7 Å². The molecule has 0 radical (unpaired) electrons. The number of esters is 1. The van der Waals surface area contributed by atoms with Gasteiger partial charge in [-0.25, -0.2) is 4.79 Å². The van der Waals surface area contributed by atoms with Crippen LogP contribution in [-0.2, 0) is 23.8 Å².